The highest BCUT2D eigenvalue weighted by atomic mass is 35.5. The van der Waals surface area contributed by atoms with E-state index in [0.29, 0.717) is 0 Å². The molecule has 0 aliphatic heterocycles. The fourth-order valence-electron chi connectivity index (χ4n) is 2.81. The summed E-state index contributed by atoms with van der Waals surface area (Å²) in [5.41, 5.74) is 2.09. The number of aromatic nitrogens is 1. The summed E-state index contributed by atoms with van der Waals surface area (Å²) in [5.74, 6) is 0. The Balaban J connectivity index is 2.31. The molecule has 21 heavy (non-hydrogen) atoms. The highest BCUT2D eigenvalue weighted by Crippen LogP contribution is 2.24. The average Bonchev–Trinajstić information content (AvgIpc) is 2.37. The van der Waals surface area contributed by atoms with Crippen molar-refractivity contribution in [3.05, 3.63) is 41.0 Å². The van der Waals surface area contributed by atoms with Gasteiger partial charge in [0, 0.05) is 28.6 Å². The van der Waals surface area contributed by atoms with Crippen LogP contribution in [0.25, 0.3) is 10.9 Å². The third kappa shape index (κ3) is 4.18. The number of nitrogens with one attached hydrogen (secondary N) is 1. The van der Waals surface area contributed by atoms with E-state index in [9.17, 15) is 0 Å². The molecule has 1 unspecified atom stereocenters. The summed E-state index contributed by atoms with van der Waals surface area (Å²) in [6.45, 7) is 11.1. The van der Waals surface area contributed by atoms with Crippen LogP contribution in [0.15, 0.2) is 30.3 Å². The molecule has 0 aliphatic carbocycles. The van der Waals surface area contributed by atoms with Crippen LogP contribution in [0, 0.1) is 0 Å². The molecule has 2 nitrogen and oxygen atoms in total. The monoisotopic (exact) mass is 304 g/mol. The molecule has 1 atom stereocenters. The van der Waals surface area contributed by atoms with E-state index in [-0.39, 0.29) is 11.1 Å². The second kappa shape index (κ2) is 5.94. The summed E-state index contributed by atoms with van der Waals surface area (Å²) < 4.78 is 0. The van der Waals surface area contributed by atoms with Gasteiger partial charge in [-0.3, -0.25) is 4.98 Å². The molecule has 0 spiro atoms. The first-order valence-corrected chi connectivity index (χ1v) is 7.94. The predicted octanol–water partition coefficient (Wildman–Crippen LogP) is 4.99. The zero-order valence-corrected chi connectivity index (χ0v) is 14.4. The highest BCUT2D eigenvalue weighted by molar-refractivity contribution is 6.35. The molecule has 1 N–H and O–H groups in total. The lowest BCUT2D eigenvalue weighted by Gasteiger charge is -2.37. The van der Waals surface area contributed by atoms with Crippen molar-refractivity contribution in [2.24, 2.45) is 0 Å². The second-order valence-corrected chi connectivity index (χ2v) is 7.49. The van der Waals surface area contributed by atoms with Crippen LogP contribution in [-0.4, -0.2) is 16.1 Å². The Morgan fingerprint density at radius 2 is 1.81 bits per heavy atom. The third-order valence-electron chi connectivity index (χ3n) is 3.76. The summed E-state index contributed by atoms with van der Waals surface area (Å²) in [4.78, 5) is 4.77. The van der Waals surface area contributed by atoms with E-state index in [0.717, 1.165) is 34.5 Å². The Bertz CT molecular complexity index is 631. The lowest BCUT2D eigenvalue weighted by atomic mass is 9.89. The molecule has 0 bridgehead atoms. The number of para-hydroxylation sites is 1. The van der Waals surface area contributed by atoms with Crippen LogP contribution in [0.3, 0.4) is 0 Å². The van der Waals surface area contributed by atoms with Crippen molar-refractivity contribution in [2.45, 2.75) is 58.5 Å². The molecule has 0 fully saturated rings. The van der Waals surface area contributed by atoms with Gasteiger partial charge in [0.1, 0.15) is 0 Å². The first-order chi connectivity index (χ1) is 9.72. The summed E-state index contributed by atoms with van der Waals surface area (Å²) in [5, 5.41) is 5.53. The molecule has 1 heterocycles. The fraction of sp³-hybridized carbons (Fsp3) is 0.500. The van der Waals surface area contributed by atoms with E-state index >= 15 is 0 Å². The highest BCUT2D eigenvalue weighted by Gasteiger charge is 2.28. The molecule has 0 amide bonds. The van der Waals surface area contributed by atoms with E-state index in [1.54, 1.807) is 0 Å². The summed E-state index contributed by atoms with van der Waals surface area (Å²) in [7, 11) is 0. The lowest BCUT2D eigenvalue weighted by Crippen LogP contribution is -2.53. The molecule has 0 aliphatic rings. The smallest absolute Gasteiger partial charge is 0.0891 e. The Hall–Kier alpha value is -1.12. The first kappa shape index (κ1) is 16.3. The summed E-state index contributed by atoms with van der Waals surface area (Å²) >= 11 is 6.26. The van der Waals surface area contributed by atoms with Crippen molar-refractivity contribution in [2.75, 3.05) is 0 Å². The molecular formula is C18H25ClN2. The van der Waals surface area contributed by atoms with Crippen LogP contribution in [0.2, 0.25) is 5.02 Å². The molecule has 114 valence electrons. The van der Waals surface area contributed by atoms with Gasteiger partial charge < -0.3 is 5.32 Å². The van der Waals surface area contributed by atoms with Crippen molar-refractivity contribution in [3.63, 3.8) is 0 Å². The predicted molar refractivity (Wildman–Crippen MR) is 92.0 cm³/mol. The maximum Gasteiger partial charge on any atom is 0.0891 e. The van der Waals surface area contributed by atoms with Crippen molar-refractivity contribution < 1.29 is 0 Å². The fourth-order valence-corrected chi connectivity index (χ4v) is 3.04. The zero-order valence-electron chi connectivity index (χ0n) is 13.6. The zero-order chi connectivity index (χ0) is 15.7. The standard InChI is InChI=1S/C18H25ClN2/c1-6-18(5,21-17(2,3)4)12-14-11-10-13-8-7-9-15(19)16(13)20-14/h7-11,21H,6,12H2,1-5H3. The van der Waals surface area contributed by atoms with Crippen LogP contribution in [0.1, 0.15) is 46.7 Å². The first-order valence-electron chi connectivity index (χ1n) is 7.56. The van der Waals surface area contributed by atoms with Gasteiger partial charge in [-0.1, -0.05) is 36.7 Å². The number of halogens is 1. The second-order valence-electron chi connectivity index (χ2n) is 7.08. The number of benzene rings is 1. The van der Waals surface area contributed by atoms with Gasteiger partial charge >= 0.3 is 0 Å². The van der Waals surface area contributed by atoms with Gasteiger partial charge in [0.25, 0.3) is 0 Å². The summed E-state index contributed by atoms with van der Waals surface area (Å²) in [6, 6.07) is 10.1. The van der Waals surface area contributed by atoms with E-state index in [4.69, 9.17) is 16.6 Å². The van der Waals surface area contributed by atoms with Crippen LogP contribution in [-0.2, 0) is 6.42 Å². The topological polar surface area (TPSA) is 24.9 Å². The van der Waals surface area contributed by atoms with E-state index in [1.807, 2.05) is 18.2 Å². The Morgan fingerprint density at radius 1 is 1.10 bits per heavy atom. The van der Waals surface area contributed by atoms with E-state index in [1.165, 1.54) is 0 Å². The lowest BCUT2D eigenvalue weighted by molar-refractivity contribution is 0.251. The minimum Gasteiger partial charge on any atom is -0.306 e. The van der Waals surface area contributed by atoms with Crippen molar-refractivity contribution in [1.29, 1.82) is 0 Å². The Kier molecular flexibility index (Phi) is 4.60. The number of pyridine rings is 1. The normalized spacial score (nSPS) is 15.1. The van der Waals surface area contributed by atoms with Gasteiger partial charge in [0.15, 0.2) is 0 Å². The number of rotatable bonds is 4. The molecule has 3 heteroatoms. The van der Waals surface area contributed by atoms with Gasteiger partial charge in [-0.15, -0.1) is 0 Å². The molecule has 2 rings (SSSR count). The molecule has 0 radical (unpaired) electrons. The summed E-state index contributed by atoms with van der Waals surface area (Å²) in [6.07, 6.45) is 1.94. The number of nitrogens with zero attached hydrogens (tertiary/aromatic N) is 1. The van der Waals surface area contributed by atoms with E-state index < -0.39 is 0 Å². The van der Waals surface area contributed by atoms with Gasteiger partial charge in [-0.05, 0) is 46.2 Å². The average molecular weight is 305 g/mol. The molecule has 0 saturated carbocycles. The molecule has 0 saturated heterocycles. The molecule has 1 aromatic carbocycles. The van der Waals surface area contributed by atoms with Gasteiger partial charge in [-0.25, -0.2) is 0 Å². The van der Waals surface area contributed by atoms with Crippen LogP contribution in [0.5, 0.6) is 0 Å². The quantitative estimate of drug-likeness (QED) is 0.861. The van der Waals surface area contributed by atoms with Crippen molar-refractivity contribution in [1.82, 2.24) is 10.3 Å². The number of hydrogen-bond donors (Lipinski definition) is 1. The minimum atomic E-state index is 0.0280. The largest absolute Gasteiger partial charge is 0.306 e. The van der Waals surface area contributed by atoms with Crippen LogP contribution < -0.4 is 5.32 Å². The maximum atomic E-state index is 6.26. The minimum absolute atomic E-state index is 0.0280. The van der Waals surface area contributed by atoms with Crippen molar-refractivity contribution in [3.8, 4) is 0 Å². The Labute approximate surface area is 132 Å². The van der Waals surface area contributed by atoms with Crippen molar-refractivity contribution >= 4 is 22.5 Å². The number of hydrogen-bond acceptors (Lipinski definition) is 2. The van der Waals surface area contributed by atoms with Crippen LogP contribution >= 0.6 is 11.6 Å². The molecular weight excluding hydrogens is 280 g/mol. The molecule has 2 aromatic rings. The van der Waals surface area contributed by atoms with Gasteiger partial charge in [0.05, 0.1) is 10.5 Å². The van der Waals surface area contributed by atoms with Gasteiger partial charge in [0.2, 0.25) is 0 Å². The Morgan fingerprint density at radius 3 is 2.43 bits per heavy atom. The SMILES string of the molecule is CCC(C)(Cc1ccc2cccc(Cl)c2n1)NC(C)(C)C. The molecule has 1 aromatic heterocycles. The maximum absolute atomic E-state index is 6.26. The van der Waals surface area contributed by atoms with E-state index in [2.05, 4.69) is 52.1 Å². The number of fused-ring (bicyclic) bond motifs is 1. The van der Waals surface area contributed by atoms with Gasteiger partial charge in [-0.2, -0.15) is 0 Å². The third-order valence-corrected chi connectivity index (χ3v) is 4.06. The van der Waals surface area contributed by atoms with Crippen LogP contribution in [0.4, 0.5) is 0 Å².